The molecule has 2 nitrogen and oxygen atoms in total. The second-order valence-electron chi connectivity index (χ2n) is 4.17. The molecule has 0 saturated heterocycles. The summed E-state index contributed by atoms with van der Waals surface area (Å²) in [6, 6.07) is 0.839. The highest BCUT2D eigenvalue weighted by Gasteiger charge is 2.25. The molecule has 0 N–H and O–H groups in total. The Hall–Kier alpha value is 0.400. The van der Waals surface area contributed by atoms with Gasteiger partial charge in [0.2, 0.25) is 0 Å². The van der Waals surface area contributed by atoms with Crippen molar-refractivity contribution in [1.29, 1.82) is 0 Å². The molecule has 84 valence electrons. The van der Waals surface area contributed by atoms with Crippen LogP contribution in [0, 0.1) is 0 Å². The average Bonchev–Trinajstić information content (AvgIpc) is 2.11. The maximum atomic E-state index is 5.33. The number of ether oxygens (including phenoxy) is 1. The molecule has 0 radical (unpaired) electrons. The SMILES string of the molecule is COC(C)CN(CCCBr)C1CCC1. The van der Waals surface area contributed by atoms with E-state index in [1.54, 1.807) is 7.11 Å². The Balaban J connectivity index is 2.27. The van der Waals surface area contributed by atoms with Gasteiger partial charge in [-0.15, -0.1) is 0 Å². The Kier molecular flexibility index (Phi) is 6.06. The number of nitrogens with zero attached hydrogens (tertiary/aromatic N) is 1. The Morgan fingerprint density at radius 1 is 1.50 bits per heavy atom. The van der Waals surface area contributed by atoms with Crippen LogP contribution in [0.25, 0.3) is 0 Å². The molecule has 0 aliphatic heterocycles. The highest BCUT2D eigenvalue weighted by Crippen LogP contribution is 2.25. The summed E-state index contributed by atoms with van der Waals surface area (Å²) in [5.74, 6) is 0. The lowest BCUT2D eigenvalue weighted by Crippen LogP contribution is -2.44. The molecule has 0 aromatic carbocycles. The van der Waals surface area contributed by atoms with Crippen molar-refractivity contribution in [2.75, 3.05) is 25.5 Å². The Morgan fingerprint density at radius 2 is 2.21 bits per heavy atom. The van der Waals surface area contributed by atoms with E-state index in [1.165, 1.54) is 32.2 Å². The molecule has 0 aromatic rings. The van der Waals surface area contributed by atoms with Gasteiger partial charge >= 0.3 is 0 Å². The number of halogens is 1. The van der Waals surface area contributed by atoms with Crippen LogP contribution >= 0.6 is 15.9 Å². The largest absolute Gasteiger partial charge is 0.380 e. The summed E-state index contributed by atoms with van der Waals surface area (Å²) in [6.45, 7) is 4.46. The van der Waals surface area contributed by atoms with E-state index >= 15 is 0 Å². The van der Waals surface area contributed by atoms with Crippen LogP contribution in [0.4, 0.5) is 0 Å². The molecule has 14 heavy (non-hydrogen) atoms. The van der Waals surface area contributed by atoms with Crippen molar-refractivity contribution in [1.82, 2.24) is 4.90 Å². The van der Waals surface area contributed by atoms with Gasteiger partial charge in [0.25, 0.3) is 0 Å². The molecule has 3 heteroatoms. The topological polar surface area (TPSA) is 12.5 Å². The third kappa shape index (κ3) is 3.87. The number of rotatable bonds is 7. The van der Waals surface area contributed by atoms with Gasteiger partial charge in [0.05, 0.1) is 6.10 Å². The van der Waals surface area contributed by atoms with E-state index in [1.807, 2.05) is 0 Å². The highest BCUT2D eigenvalue weighted by atomic mass is 79.9. The van der Waals surface area contributed by atoms with Gasteiger partial charge in [0.1, 0.15) is 0 Å². The number of hydrogen-bond donors (Lipinski definition) is 0. The molecule has 0 bridgehead atoms. The van der Waals surface area contributed by atoms with E-state index in [0.717, 1.165) is 17.9 Å². The van der Waals surface area contributed by atoms with E-state index in [0.29, 0.717) is 6.10 Å². The predicted molar refractivity (Wildman–Crippen MR) is 64.1 cm³/mol. The summed E-state index contributed by atoms with van der Waals surface area (Å²) < 4.78 is 5.33. The van der Waals surface area contributed by atoms with Crippen molar-refractivity contribution in [3.8, 4) is 0 Å². The molecule has 0 spiro atoms. The van der Waals surface area contributed by atoms with Crippen LogP contribution in [0.5, 0.6) is 0 Å². The van der Waals surface area contributed by atoms with Crippen LogP contribution in [0.2, 0.25) is 0 Å². The third-order valence-electron chi connectivity index (χ3n) is 3.06. The monoisotopic (exact) mass is 263 g/mol. The minimum Gasteiger partial charge on any atom is -0.380 e. The van der Waals surface area contributed by atoms with Crippen molar-refractivity contribution < 1.29 is 4.74 Å². The fraction of sp³-hybridized carbons (Fsp3) is 1.00. The molecule has 0 amide bonds. The minimum absolute atomic E-state index is 0.367. The average molecular weight is 264 g/mol. The maximum Gasteiger partial charge on any atom is 0.0670 e. The summed E-state index contributed by atoms with van der Waals surface area (Å²) in [5.41, 5.74) is 0. The maximum absolute atomic E-state index is 5.33. The van der Waals surface area contributed by atoms with Gasteiger partial charge in [-0.1, -0.05) is 22.4 Å². The zero-order valence-corrected chi connectivity index (χ0v) is 10.9. The number of methoxy groups -OCH3 is 1. The molecule has 1 aliphatic rings. The summed E-state index contributed by atoms with van der Waals surface area (Å²) in [4.78, 5) is 2.60. The Morgan fingerprint density at radius 3 is 2.64 bits per heavy atom. The lowest BCUT2D eigenvalue weighted by molar-refractivity contribution is 0.0403. The van der Waals surface area contributed by atoms with E-state index in [2.05, 4.69) is 27.8 Å². The summed E-state index contributed by atoms with van der Waals surface area (Å²) in [5, 5.41) is 1.11. The standard InChI is InChI=1S/C11H22BrNO/c1-10(14-2)9-13(8-4-7-12)11-5-3-6-11/h10-11H,3-9H2,1-2H3. The van der Waals surface area contributed by atoms with Crippen molar-refractivity contribution in [2.45, 2.75) is 44.8 Å². The highest BCUT2D eigenvalue weighted by molar-refractivity contribution is 9.09. The zero-order valence-electron chi connectivity index (χ0n) is 9.34. The summed E-state index contributed by atoms with van der Waals surface area (Å²) in [7, 11) is 1.80. The van der Waals surface area contributed by atoms with Gasteiger partial charge in [0.15, 0.2) is 0 Å². The first kappa shape index (κ1) is 12.5. The molecule has 1 aliphatic carbocycles. The van der Waals surface area contributed by atoms with E-state index in [4.69, 9.17) is 4.74 Å². The van der Waals surface area contributed by atoms with Crippen molar-refractivity contribution in [2.24, 2.45) is 0 Å². The summed E-state index contributed by atoms with van der Waals surface area (Å²) in [6.07, 6.45) is 5.80. The molecule has 0 aromatic heterocycles. The zero-order chi connectivity index (χ0) is 10.4. The van der Waals surface area contributed by atoms with Crippen molar-refractivity contribution in [3.63, 3.8) is 0 Å². The van der Waals surface area contributed by atoms with E-state index in [-0.39, 0.29) is 0 Å². The lowest BCUT2D eigenvalue weighted by atomic mass is 9.91. The fourth-order valence-electron chi connectivity index (χ4n) is 1.84. The van der Waals surface area contributed by atoms with Crippen LogP contribution in [0.3, 0.4) is 0 Å². The van der Waals surface area contributed by atoms with Crippen LogP contribution in [-0.4, -0.2) is 42.6 Å². The smallest absolute Gasteiger partial charge is 0.0670 e. The first-order valence-corrected chi connectivity index (χ1v) is 6.73. The van der Waals surface area contributed by atoms with Gasteiger partial charge in [-0.25, -0.2) is 0 Å². The minimum atomic E-state index is 0.367. The van der Waals surface area contributed by atoms with Crippen LogP contribution in [0.15, 0.2) is 0 Å². The lowest BCUT2D eigenvalue weighted by Gasteiger charge is -2.38. The van der Waals surface area contributed by atoms with Crippen molar-refractivity contribution >= 4 is 15.9 Å². The predicted octanol–water partition coefficient (Wildman–Crippen LogP) is 2.66. The fourth-order valence-corrected chi connectivity index (χ4v) is 2.09. The molecule has 1 saturated carbocycles. The van der Waals surface area contributed by atoms with Gasteiger partial charge in [-0.05, 0) is 32.7 Å². The second kappa shape index (κ2) is 6.81. The van der Waals surface area contributed by atoms with Gasteiger partial charge in [0, 0.05) is 25.0 Å². The molecule has 1 unspecified atom stereocenters. The van der Waals surface area contributed by atoms with Crippen LogP contribution < -0.4 is 0 Å². The number of hydrogen-bond acceptors (Lipinski definition) is 2. The normalized spacial score (nSPS) is 19.7. The molecule has 0 heterocycles. The molecular weight excluding hydrogens is 242 g/mol. The number of alkyl halides is 1. The van der Waals surface area contributed by atoms with Gasteiger partial charge < -0.3 is 4.74 Å². The van der Waals surface area contributed by atoms with Gasteiger partial charge in [-0.2, -0.15) is 0 Å². The second-order valence-corrected chi connectivity index (χ2v) is 4.96. The van der Waals surface area contributed by atoms with Crippen LogP contribution in [-0.2, 0) is 4.74 Å². The molecular formula is C11H22BrNO. The van der Waals surface area contributed by atoms with Gasteiger partial charge in [-0.3, -0.25) is 4.90 Å². The molecule has 1 rings (SSSR count). The van der Waals surface area contributed by atoms with E-state index in [9.17, 15) is 0 Å². The third-order valence-corrected chi connectivity index (χ3v) is 3.62. The van der Waals surface area contributed by atoms with E-state index < -0.39 is 0 Å². The Labute approximate surface area is 96.1 Å². The van der Waals surface area contributed by atoms with Crippen molar-refractivity contribution in [3.05, 3.63) is 0 Å². The Bertz CT molecular complexity index is 150. The molecule has 1 atom stereocenters. The quantitative estimate of drug-likeness (QED) is 0.655. The summed E-state index contributed by atoms with van der Waals surface area (Å²) >= 11 is 3.49. The van der Waals surface area contributed by atoms with Crippen LogP contribution in [0.1, 0.15) is 32.6 Å². The first-order chi connectivity index (χ1) is 6.77. The first-order valence-electron chi connectivity index (χ1n) is 5.60. The molecule has 1 fully saturated rings.